The Morgan fingerprint density at radius 3 is 3.21 bits per heavy atom. The molecule has 5 heteroatoms. The standard InChI is InChI=1S/C14H19N3O2/c1-17(9-10-4-2-3-6-15-10)14(18)13-8-11-12(19-13)5-7-16-11/h2-4,6,11-13,16H,5,7-9H2,1H3/t11-,12-,13+/m1/s1. The third kappa shape index (κ3) is 2.62. The summed E-state index contributed by atoms with van der Waals surface area (Å²) in [7, 11) is 1.81. The Balaban J connectivity index is 1.58. The number of amides is 1. The molecule has 2 aliphatic heterocycles. The first-order valence-electron chi connectivity index (χ1n) is 6.78. The van der Waals surface area contributed by atoms with E-state index in [4.69, 9.17) is 4.74 Å². The van der Waals surface area contributed by atoms with E-state index < -0.39 is 0 Å². The largest absolute Gasteiger partial charge is 0.363 e. The molecule has 102 valence electrons. The number of ether oxygens (including phenoxy) is 1. The van der Waals surface area contributed by atoms with Gasteiger partial charge in [0.05, 0.1) is 18.3 Å². The molecule has 1 N–H and O–H groups in total. The zero-order valence-corrected chi connectivity index (χ0v) is 11.1. The molecule has 0 bridgehead atoms. The molecule has 2 fully saturated rings. The van der Waals surface area contributed by atoms with E-state index in [1.807, 2.05) is 25.2 Å². The summed E-state index contributed by atoms with van der Waals surface area (Å²) in [4.78, 5) is 18.3. The van der Waals surface area contributed by atoms with Crippen molar-refractivity contribution in [3.63, 3.8) is 0 Å². The highest BCUT2D eigenvalue weighted by molar-refractivity contribution is 5.81. The summed E-state index contributed by atoms with van der Waals surface area (Å²) in [5.41, 5.74) is 0.898. The fourth-order valence-electron chi connectivity index (χ4n) is 2.86. The fourth-order valence-corrected chi connectivity index (χ4v) is 2.86. The van der Waals surface area contributed by atoms with Gasteiger partial charge in [0.1, 0.15) is 6.10 Å². The Hall–Kier alpha value is -1.46. The number of hydrogen-bond acceptors (Lipinski definition) is 4. The monoisotopic (exact) mass is 261 g/mol. The molecule has 0 aliphatic carbocycles. The van der Waals surface area contributed by atoms with Crippen LogP contribution in [0.1, 0.15) is 18.5 Å². The topological polar surface area (TPSA) is 54.5 Å². The summed E-state index contributed by atoms with van der Waals surface area (Å²) in [6.07, 6.45) is 3.47. The van der Waals surface area contributed by atoms with E-state index in [0.29, 0.717) is 12.6 Å². The maximum atomic E-state index is 12.3. The minimum absolute atomic E-state index is 0.0573. The van der Waals surface area contributed by atoms with Gasteiger partial charge in [-0.1, -0.05) is 6.07 Å². The molecular formula is C14H19N3O2. The van der Waals surface area contributed by atoms with Gasteiger partial charge in [0, 0.05) is 25.7 Å². The first-order valence-corrected chi connectivity index (χ1v) is 6.78. The zero-order chi connectivity index (χ0) is 13.2. The minimum atomic E-state index is -0.295. The maximum absolute atomic E-state index is 12.3. The number of nitrogens with zero attached hydrogens (tertiary/aromatic N) is 2. The number of rotatable bonds is 3. The second-order valence-electron chi connectivity index (χ2n) is 5.26. The summed E-state index contributed by atoms with van der Waals surface area (Å²) < 4.78 is 5.83. The number of nitrogens with one attached hydrogen (secondary N) is 1. The van der Waals surface area contributed by atoms with Crippen LogP contribution in [0, 0.1) is 0 Å². The van der Waals surface area contributed by atoms with E-state index in [9.17, 15) is 4.79 Å². The van der Waals surface area contributed by atoms with Crippen molar-refractivity contribution in [3.05, 3.63) is 30.1 Å². The molecule has 3 rings (SSSR count). The van der Waals surface area contributed by atoms with Crippen molar-refractivity contribution in [1.82, 2.24) is 15.2 Å². The predicted molar refractivity (Wildman–Crippen MR) is 70.4 cm³/mol. The molecule has 2 aliphatic rings. The summed E-state index contributed by atoms with van der Waals surface area (Å²) in [6, 6.07) is 6.09. The van der Waals surface area contributed by atoms with Crippen LogP contribution in [0.5, 0.6) is 0 Å². The third-order valence-electron chi connectivity index (χ3n) is 3.87. The van der Waals surface area contributed by atoms with E-state index in [1.54, 1.807) is 11.1 Å². The summed E-state index contributed by atoms with van der Waals surface area (Å²) in [5, 5.41) is 3.38. The minimum Gasteiger partial charge on any atom is -0.363 e. The van der Waals surface area contributed by atoms with Crippen LogP contribution >= 0.6 is 0 Å². The van der Waals surface area contributed by atoms with Crippen LogP contribution in [0.2, 0.25) is 0 Å². The number of carbonyl (C=O) groups excluding carboxylic acids is 1. The molecule has 0 saturated carbocycles. The van der Waals surface area contributed by atoms with Gasteiger partial charge in [0.2, 0.25) is 0 Å². The molecule has 5 nitrogen and oxygen atoms in total. The SMILES string of the molecule is CN(Cc1ccccn1)C(=O)[C@@H]1C[C@H]2NCC[C@H]2O1. The Morgan fingerprint density at radius 1 is 1.58 bits per heavy atom. The molecule has 1 aromatic heterocycles. The van der Waals surface area contributed by atoms with Gasteiger partial charge < -0.3 is 15.0 Å². The average molecular weight is 261 g/mol. The van der Waals surface area contributed by atoms with Gasteiger partial charge in [0.25, 0.3) is 5.91 Å². The molecular weight excluding hydrogens is 242 g/mol. The predicted octanol–water partition coefficient (Wildman–Crippen LogP) is 0.559. The van der Waals surface area contributed by atoms with Crippen molar-refractivity contribution in [2.75, 3.05) is 13.6 Å². The second-order valence-corrected chi connectivity index (χ2v) is 5.26. The lowest BCUT2D eigenvalue weighted by atomic mass is 10.1. The smallest absolute Gasteiger partial charge is 0.251 e. The third-order valence-corrected chi connectivity index (χ3v) is 3.87. The van der Waals surface area contributed by atoms with Crippen LogP contribution in [0.25, 0.3) is 0 Å². The average Bonchev–Trinajstić information content (AvgIpc) is 2.99. The van der Waals surface area contributed by atoms with Gasteiger partial charge >= 0.3 is 0 Å². The molecule has 0 aromatic carbocycles. The molecule has 1 aromatic rings. The highest BCUT2D eigenvalue weighted by atomic mass is 16.5. The van der Waals surface area contributed by atoms with Crippen molar-refractivity contribution < 1.29 is 9.53 Å². The molecule has 0 spiro atoms. The Labute approximate surface area is 113 Å². The number of pyridine rings is 1. The van der Waals surface area contributed by atoms with Crippen LogP contribution < -0.4 is 5.32 Å². The van der Waals surface area contributed by atoms with Gasteiger partial charge in [-0.3, -0.25) is 9.78 Å². The Kier molecular flexibility index (Phi) is 3.48. The van der Waals surface area contributed by atoms with Crippen molar-refractivity contribution >= 4 is 5.91 Å². The van der Waals surface area contributed by atoms with E-state index in [-0.39, 0.29) is 18.1 Å². The van der Waals surface area contributed by atoms with E-state index in [1.165, 1.54) is 0 Å². The first-order chi connectivity index (χ1) is 9.24. The fraction of sp³-hybridized carbons (Fsp3) is 0.571. The van der Waals surface area contributed by atoms with Crippen LogP contribution in [0.4, 0.5) is 0 Å². The molecule has 3 atom stereocenters. The Bertz CT molecular complexity index is 439. The van der Waals surface area contributed by atoms with Crippen LogP contribution in [-0.2, 0) is 16.1 Å². The lowest BCUT2D eigenvalue weighted by Crippen LogP contribution is -2.37. The molecule has 3 heterocycles. The number of aromatic nitrogens is 1. The summed E-state index contributed by atoms with van der Waals surface area (Å²) >= 11 is 0. The summed E-state index contributed by atoms with van der Waals surface area (Å²) in [5.74, 6) is 0.0573. The zero-order valence-electron chi connectivity index (χ0n) is 11.1. The number of hydrogen-bond donors (Lipinski definition) is 1. The van der Waals surface area contributed by atoms with Gasteiger partial charge in [0.15, 0.2) is 0 Å². The summed E-state index contributed by atoms with van der Waals surface area (Å²) in [6.45, 7) is 1.53. The van der Waals surface area contributed by atoms with Crippen molar-refractivity contribution in [3.8, 4) is 0 Å². The quantitative estimate of drug-likeness (QED) is 0.864. The normalized spacial score (nSPS) is 29.2. The Morgan fingerprint density at radius 2 is 2.47 bits per heavy atom. The van der Waals surface area contributed by atoms with E-state index >= 15 is 0 Å². The first kappa shape index (κ1) is 12.6. The molecule has 19 heavy (non-hydrogen) atoms. The lowest BCUT2D eigenvalue weighted by Gasteiger charge is -2.21. The second kappa shape index (κ2) is 5.27. The van der Waals surface area contributed by atoms with Gasteiger partial charge in [-0.25, -0.2) is 0 Å². The number of carbonyl (C=O) groups is 1. The van der Waals surface area contributed by atoms with Crippen LogP contribution in [-0.4, -0.2) is 47.6 Å². The van der Waals surface area contributed by atoms with Crippen molar-refractivity contribution in [2.45, 2.75) is 37.6 Å². The van der Waals surface area contributed by atoms with E-state index in [0.717, 1.165) is 25.1 Å². The highest BCUT2D eigenvalue weighted by Crippen LogP contribution is 2.27. The van der Waals surface area contributed by atoms with E-state index in [2.05, 4.69) is 10.3 Å². The van der Waals surface area contributed by atoms with Crippen LogP contribution in [0.15, 0.2) is 24.4 Å². The van der Waals surface area contributed by atoms with Crippen molar-refractivity contribution in [1.29, 1.82) is 0 Å². The van der Waals surface area contributed by atoms with Gasteiger partial charge in [-0.2, -0.15) is 0 Å². The van der Waals surface area contributed by atoms with Gasteiger partial charge in [-0.05, 0) is 25.1 Å². The number of likely N-dealkylation sites (N-methyl/N-ethyl adjacent to an activating group) is 1. The van der Waals surface area contributed by atoms with Crippen molar-refractivity contribution in [2.24, 2.45) is 0 Å². The van der Waals surface area contributed by atoms with Crippen LogP contribution in [0.3, 0.4) is 0 Å². The molecule has 0 unspecified atom stereocenters. The van der Waals surface area contributed by atoms with Gasteiger partial charge in [-0.15, -0.1) is 0 Å². The molecule has 2 saturated heterocycles. The maximum Gasteiger partial charge on any atom is 0.251 e. The molecule has 1 amide bonds. The molecule has 0 radical (unpaired) electrons. The lowest BCUT2D eigenvalue weighted by molar-refractivity contribution is -0.142. The number of fused-ring (bicyclic) bond motifs is 1. The highest BCUT2D eigenvalue weighted by Gasteiger charge is 2.42.